The van der Waals surface area contributed by atoms with Gasteiger partial charge in [0.2, 0.25) is 0 Å². The summed E-state index contributed by atoms with van der Waals surface area (Å²) in [6.45, 7) is 1.75. The van der Waals surface area contributed by atoms with Crippen LogP contribution >= 0.6 is 0 Å². The van der Waals surface area contributed by atoms with Crippen molar-refractivity contribution in [1.82, 2.24) is 4.98 Å². The number of aromatic nitrogens is 1. The minimum atomic E-state index is 0.558. The Hall–Kier alpha value is -1.64. The lowest BCUT2D eigenvalue weighted by Gasteiger charge is -1.96. The van der Waals surface area contributed by atoms with Crippen LogP contribution < -0.4 is 5.73 Å². The minimum absolute atomic E-state index is 0.558. The number of nitrogens with two attached hydrogens (primary N) is 1. The largest absolute Gasteiger partial charge is 0.402 e. The highest BCUT2D eigenvalue weighted by molar-refractivity contribution is 5.80. The lowest BCUT2D eigenvalue weighted by Crippen LogP contribution is -1.94. The van der Waals surface area contributed by atoms with Crippen molar-refractivity contribution in [2.45, 2.75) is 6.92 Å². The van der Waals surface area contributed by atoms with Gasteiger partial charge in [-0.1, -0.05) is 0 Å². The van der Waals surface area contributed by atoms with Gasteiger partial charge in [0.1, 0.15) is 0 Å². The Morgan fingerprint density at radius 1 is 1.67 bits per heavy atom. The van der Waals surface area contributed by atoms with Crippen LogP contribution in [0.1, 0.15) is 23.0 Å². The molecule has 1 aromatic rings. The number of aldehydes is 1. The van der Waals surface area contributed by atoms with E-state index in [1.807, 2.05) is 0 Å². The average molecular weight is 162 g/mol. The third kappa shape index (κ3) is 1.92. The van der Waals surface area contributed by atoms with E-state index in [2.05, 4.69) is 4.98 Å². The molecule has 0 atom stereocenters. The molecule has 0 fully saturated rings. The molecule has 0 bridgehead atoms. The summed E-state index contributed by atoms with van der Waals surface area (Å²) in [5.41, 5.74) is 7.26. The number of nitrogens with zero attached hydrogens (tertiary/aromatic N) is 1. The van der Waals surface area contributed by atoms with Gasteiger partial charge >= 0.3 is 0 Å². The molecular weight excluding hydrogens is 152 g/mol. The normalized spacial score (nSPS) is 11.2. The SMILES string of the molecule is C/C(N)=C/c1ncccc1C=O. The molecule has 0 aromatic carbocycles. The van der Waals surface area contributed by atoms with Crippen LogP contribution in [0.5, 0.6) is 0 Å². The van der Waals surface area contributed by atoms with Crippen molar-refractivity contribution >= 4 is 12.4 Å². The maximum Gasteiger partial charge on any atom is 0.152 e. The molecule has 0 aliphatic heterocycles. The van der Waals surface area contributed by atoms with E-state index in [4.69, 9.17) is 5.73 Å². The van der Waals surface area contributed by atoms with E-state index in [1.54, 1.807) is 31.3 Å². The van der Waals surface area contributed by atoms with Gasteiger partial charge in [-0.25, -0.2) is 0 Å². The van der Waals surface area contributed by atoms with E-state index in [0.29, 0.717) is 17.0 Å². The van der Waals surface area contributed by atoms with Gasteiger partial charge in [-0.2, -0.15) is 0 Å². The number of allylic oxidation sites excluding steroid dienone is 1. The van der Waals surface area contributed by atoms with Crippen molar-refractivity contribution in [2.24, 2.45) is 5.73 Å². The number of hydrogen-bond donors (Lipinski definition) is 1. The number of hydrogen-bond acceptors (Lipinski definition) is 3. The van der Waals surface area contributed by atoms with Gasteiger partial charge in [0.05, 0.1) is 5.69 Å². The Labute approximate surface area is 70.9 Å². The van der Waals surface area contributed by atoms with Crippen molar-refractivity contribution in [3.8, 4) is 0 Å². The van der Waals surface area contributed by atoms with Crippen LogP contribution in [-0.2, 0) is 0 Å². The molecule has 0 saturated heterocycles. The van der Waals surface area contributed by atoms with Crippen LogP contribution in [0.4, 0.5) is 0 Å². The summed E-state index contributed by atoms with van der Waals surface area (Å²) >= 11 is 0. The summed E-state index contributed by atoms with van der Waals surface area (Å²) in [5, 5.41) is 0. The zero-order valence-corrected chi connectivity index (χ0v) is 6.82. The first-order chi connectivity index (χ1) is 5.74. The number of carbonyl (C=O) groups is 1. The highest BCUT2D eigenvalue weighted by Gasteiger charge is 1.97. The van der Waals surface area contributed by atoms with Crippen LogP contribution in [0.25, 0.3) is 6.08 Å². The molecule has 0 aliphatic rings. The molecule has 62 valence electrons. The van der Waals surface area contributed by atoms with Gasteiger partial charge < -0.3 is 5.73 Å². The Morgan fingerprint density at radius 2 is 2.42 bits per heavy atom. The molecule has 12 heavy (non-hydrogen) atoms. The van der Waals surface area contributed by atoms with E-state index >= 15 is 0 Å². The van der Waals surface area contributed by atoms with Crippen molar-refractivity contribution < 1.29 is 4.79 Å². The zero-order chi connectivity index (χ0) is 8.97. The molecule has 1 heterocycles. The van der Waals surface area contributed by atoms with Crippen LogP contribution in [0, 0.1) is 0 Å². The molecule has 0 radical (unpaired) electrons. The molecular formula is C9H10N2O. The van der Waals surface area contributed by atoms with E-state index in [0.717, 1.165) is 6.29 Å². The third-order valence-electron chi connectivity index (χ3n) is 1.36. The number of carbonyl (C=O) groups excluding carboxylic acids is 1. The summed E-state index contributed by atoms with van der Waals surface area (Å²) < 4.78 is 0. The van der Waals surface area contributed by atoms with E-state index in [1.165, 1.54) is 0 Å². The maximum absolute atomic E-state index is 10.5. The molecule has 1 rings (SSSR count). The first kappa shape index (κ1) is 8.46. The topological polar surface area (TPSA) is 56.0 Å². The Balaban J connectivity index is 3.14. The summed E-state index contributed by atoms with van der Waals surface area (Å²) in [6, 6.07) is 3.42. The maximum atomic E-state index is 10.5. The molecule has 2 N–H and O–H groups in total. The van der Waals surface area contributed by atoms with Gasteiger partial charge in [-0.05, 0) is 25.1 Å². The Morgan fingerprint density at radius 3 is 3.00 bits per heavy atom. The predicted octanol–water partition coefficient (Wildman–Crippen LogP) is 1.21. The molecule has 0 amide bonds. The van der Waals surface area contributed by atoms with Crippen molar-refractivity contribution in [1.29, 1.82) is 0 Å². The van der Waals surface area contributed by atoms with Gasteiger partial charge in [0.25, 0.3) is 0 Å². The third-order valence-corrected chi connectivity index (χ3v) is 1.36. The first-order valence-corrected chi connectivity index (χ1v) is 3.58. The van der Waals surface area contributed by atoms with Gasteiger partial charge in [0, 0.05) is 17.5 Å². The lowest BCUT2D eigenvalue weighted by molar-refractivity contribution is 0.112. The van der Waals surface area contributed by atoms with Gasteiger partial charge in [0.15, 0.2) is 6.29 Å². The Bertz CT molecular complexity index is 314. The van der Waals surface area contributed by atoms with E-state index in [-0.39, 0.29) is 0 Å². The molecule has 0 spiro atoms. The second kappa shape index (κ2) is 3.67. The second-order valence-corrected chi connectivity index (χ2v) is 2.48. The molecule has 0 aliphatic carbocycles. The smallest absolute Gasteiger partial charge is 0.152 e. The van der Waals surface area contributed by atoms with Crippen LogP contribution in [0.2, 0.25) is 0 Å². The molecule has 3 heteroatoms. The van der Waals surface area contributed by atoms with Crippen molar-refractivity contribution in [3.05, 3.63) is 35.3 Å². The second-order valence-electron chi connectivity index (χ2n) is 2.48. The summed E-state index contributed by atoms with van der Waals surface area (Å²) in [7, 11) is 0. The highest BCUT2D eigenvalue weighted by Crippen LogP contribution is 2.05. The standard InChI is InChI=1S/C9H10N2O/c1-7(10)5-9-8(6-12)3-2-4-11-9/h2-6H,10H2,1H3/b7-5-. The lowest BCUT2D eigenvalue weighted by atomic mass is 10.2. The monoisotopic (exact) mass is 162 g/mol. The fourth-order valence-corrected chi connectivity index (χ4v) is 0.866. The minimum Gasteiger partial charge on any atom is -0.402 e. The van der Waals surface area contributed by atoms with Crippen LogP contribution in [0.3, 0.4) is 0 Å². The van der Waals surface area contributed by atoms with E-state index < -0.39 is 0 Å². The summed E-state index contributed by atoms with van der Waals surface area (Å²) in [6.07, 6.45) is 4.06. The number of pyridine rings is 1. The fourth-order valence-electron chi connectivity index (χ4n) is 0.866. The van der Waals surface area contributed by atoms with Crippen LogP contribution in [-0.4, -0.2) is 11.3 Å². The predicted molar refractivity (Wildman–Crippen MR) is 47.5 cm³/mol. The number of rotatable bonds is 2. The summed E-state index contributed by atoms with van der Waals surface area (Å²) in [5.74, 6) is 0. The highest BCUT2D eigenvalue weighted by atomic mass is 16.1. The Kier molecular flexibility index (Phi) is 2.58. The molecule has 0 unspecified atom stereocenters. The summed E-state index contributed by atoms with van der Waals surface area (Å²) in [4.78, 5) is 14.5. The van der Waals surface area contributed by atoms with Gasteiger partial charge in [-0.15, -0.1) is 0 Å². The zero-order valence-electron chi connectivity index (χ0n) is 6.82. The average Bonchev–Trinajstić information content (AvgIpc) is 2.04. The molecule has 0 saturated carbocycles. The van der Waals surface area contributed by atoms with Crippen molar-refractivity contribution in [3.63, 3.8) is 0 Å². The van der Waals surface area contributed by atoms with Crippen LogP contribution in [0.15, 0.2) is 24.0 Å². The van der Waals surface area contributed by atoms with Gasteiger partial charge in [-0.3, -0.25) is 9.78 Å². The fraction of sp³-hybridized carbons (Fsp3) is 0.111. The van der Waals surface area contributed by atoms with E-state index in [9.17, 15) is 4.79 Å². The molecule has 1 aromatic heterocycles. The quantitative estimate of drug-likeness (QED) is 0.665. The first-order valence-electron chi connectivity index (χ1n) is 3.58. The van der Waals surface area contributed by atoms with Crippen molar-refractivity contribution in [2.75, 3.05) is 0 Å². The molecule has 3 nitrogen and oxygen atoms in total.